The van der Waals surface area contributed by atoms with Crippen LogP contribution in [0.5, 0.6) is 0 Å². The van der Waals surface area contributed by atoms with E-state index in [1.54, 1.807) is 17.0 Å². The summed E-state index contributed by atoms with van der Waals surface area (Å²) in [5, 5.41) is 0. The molecule has 1 aromatic rings. The number of nitrogens with zero attached hydrogens (tertiary/aromatic N) is 2. The lowest BCUT2D eigenvalue weighted by atomic mass is 10.1. The van der Waals surface area contributed by atoms with Gasteiger partial charge in [0.1, 0.15) is 0 Å². The number of hydrogen-bond donors (Lipinski definition) is 0. The van der Waals surface area contributed by atoms with Gasteiger partial charge < -0.3 is 4.90 Å². The SMILES string of the molecule is CN(CC(=O)c1ccc(Br)cc1)CC(=O)N1CCCC1. The van der Waals surface area contributed by atoms with Gasteiger partial charge in [0.25, 0.3) is 0 Å². The fraction of sp³-hybridized carbons (Fsp3) is 0.467. The molecule has 1 aliphatic heterocycles. The Labute approximate surface area is 127 Å². The van der Waals surface area contributed by atoms with E-state index in [1.165, 1.54) is 0 Å². The molecular formula is C15H19BrN2O2. The smallest absolute Gasteiger partial charge is 0.236 e. The fourth-order valence-corrected chi connectivity index (χ4v) is 2.59. The van der Waals surface area contributed by atoms with E-state index in [0.717, 1.165) is 30.4 Å². The molecule has 1 heterocycles. The second-order valence-corrected chi connectivity index (χ2v) is 6.11. The minimum absolute atomic E-state index is 0.0363. The molecule has 0 atom stereocenters. The first-order valence-corrected chi connectivity index (χ1v) is 7.60. The zero-order chi connectivity index (χ0) is 14.5. The van der Waals surface area contributed by atoms with Crippen LogP contribution in [0.4, 0.5) is 0 Å². The van der Waals surface area contributed by atoms with E-state index in [2.05, 4.69) is 15.9 Å². The number of likely N-dealkylation sites (N-methyl/N-ethyl adjacent to an activating group) is 1. The summed E-state index contributed by atoms with van der Waals surface area (Å²) in [4.78, 5) is 27.7. The summed E-state index contributed by atoms with van der Waals surface area (Å²) in [5.74, 6) is 0.155. The summed E-state index contributed by atoms with van der Waals surface area (Å²) >= 11 is 3.34. The lowest BCUT2D eigenvalue weighted by molar-refractivity contribution is -0.130. The van der Waals surface area contributed by atoms with Crippen LogP contribution in [-0.2, 0) is 4.79 Å². The highest BCUT2D eigenvalue weighted by Crippen LogP contribution is 2.11. The van der Waals surface area contributed by atoms with Gasteiger partial charge in [-0.3, -0.25) is 14.5 Å². The van der Waals surface area contributed by atoms with Gasteiger partial charge >= 0.3 is 0 Å². The van der Waals surface area contributed by atoms with Crippen molar-refractivity contribution in [3.8, 4) is 0 Å². The normalized spacial score (nSPS) is 14.8. The molecule has 2 rings (SSSR count). The highest BCUT2D eigenvalue weighted by molar-refractivity contribution is 9.10. The topological polar surface area (TPSA) is 40.6 Å². The first kappa shape index (κ1) is 15.2. The van der Waals surface area contributed by atoms with Crippen molar-refractivity contribution in [1.82, 2.24) is 9.80 Å². The molecular weight excluding hydrogens is 320 g/mol. The maximum absolute atomic E-state index is 12.1. The van der Waals surface area contributed by atoms with Gasteiger partial charge in [-0.2, -0.15) is 0 Å². The Morgan fingerprint density at radius 1 is 1.15 bits per heavy atom. The molecule has 1 fully saturated rings. The minimum Gasteiger partial charge on any atom is -0.342 e. The Kier molecular flexibility index (Phi) is 5.31. The maximum atomic E-state index is 12.1. The van der Waals surface area contributed by atoms with Gasteiger partial charge in [-0.1, -0.05) is 28.1 Å². The summed E-state index contributed by atoms with van der Waals surface area (Å²) in [7, 11) is 1.81. The van der Waals surface area contributed by atoms with E-state index >= 15 is 0 Å². The minimum atomic E-state index is 0.0363. The zero-order valence-corrected chi connectivity index (χ0v) is 13.2. The van der Waals surface area contributed by atoms with Gasteiger partial charge in [0.05, 0.1) is 13.1 Å². The molecule has 5 heteroatoms. The Hall–Kier alpha value is -1.20. The third kappa shape index (κ3) is 4.15. The molecule has 1 aromatic carbocycles. The van der Waals surface area contributed by atoms with Crippen molar-refractivity contribution in [2.75, 3.05) is 33.2 Å². The maximum Gasteiger partial charge on any atom is 0.236 e. The second-order valence-electron chi connectivity index (χ2n) is 5.19. The number of likely N-dealkylation sites (tertiary alicyclic amines) is 1. The van der Waals surface area contributed by atoms with Crippen molar-refractivity contribution in [2.24, 2.45) is 0 Å². The Bertz CT molecular complexity index is 481. The molecule has 0 unspecified atom stereocenters. The van der Waals surface area contributed by atoms with Crippen molar-refractivity contribution in [3.05, 3.63) is 34.3 Å². The quantitative estimate of drug-likeness (QED) is 0.772. The molecule has 0 saturated carbocycles. The van der Waals surface area contributed by atoms with Crippen molar-refractivity contribution in [2.45, 2.75) is 12.8 Å². The summed E-state index contributed by atoms with van der Waals surface area (Å²) < 4.78 is 0.951. The van der Waals surface area contributed by atoms with E-state index in [4.69, 9.17) is 0 Å². The molecule has 108 valence electrons. The van der Waals surface area contributed by atoms with Crippen molar-refractivity contribution < 1.29 is 9.59 Å². The molecule has 1 aliphatic rings. The number of carbonyl (C=O) groups excluding carboxylic acids is 2. The van der Waals surface area contributed by atoms with Crippen LogP contribution in [0.15, 0.2) is 28.7 Å². The monoisotopic (exact) mass is 338 g/mol. The van der Waals surface area contributed by atoms with E-state index in [-0.39, 0.29) is 18.2 Å². The highest BCUT2D eigenvalue weighted by Gasteiger charge is 2.20. The molecule has 0 bridgehead atoms. The predicted octanol–water partition coefficient (Wildman–Crippen LogP) is 2.19. The molecule has 0 aromatic heterocycles. The third-order valence-electron chi connectivity index (χ3n) is 3.44. The molecule has 0 N–H and O–H groups in total. The number of ketones is 1. The van der Waals surface area contributed by atoms with E-state index in [1.807, 2.05) is 24.1 Å². The summed E-state index contributed by atoms with van der Waals surface area (Å²) in [6.07, 6.45) is 2.18. The van der Waals surface area contributed by atoms with Gasteiger partial charge in [-0.25, -0.2) is 0 Å². The van der Waals surface area contributed by atoms with Gasteiger partial charge in [0.15, 0.2) is 5.78 Å². The van der Waals surface area contributed by atoms with Crippen LogP contribution in [0.2, 0.25) is 0 Å². The van der Waals surface area contributed by atoms with Crippen LogP contribution in [0.3, 0.4) is 0 Å². The number of halogens is 1. The number of benzene rings is 1. The van der Waals surface area contributed by atoms with Crippen molar-refractivity contribution >= 4 is 27.6 Å². The van der Waals surface area contributed by atoms with Crippen LogP contribution in [0.25, 0.3) is 0 Å². The van der Waals surface area contributed by atoms with E-state index in [0.29, 0.717) is 12.1 Å². The number of carbonyl (C=O) groups is 2. The van der Waals surface area contributed by atoms with Crippen molar-refractivity contribution in [3.63, 3.8) is 0 Å². The van der Waals surface area contributed by atoms with Crippen LogP contribution in [-0.4, -0.2) is 54.7 Å². The van der Waals surface area contributed by atoms with E-state index in [9.17, 15) is 9.59 Å². The predicted molar refractivity (Wildman–Crippen MR) is 81.8 cm³/mol. The molecule has 0 spiro atoms. The van der Waals surface area contributed by atoms with Gasteiger partial charge in [0, 0.05) is 23.1 Å². The molecule has 0 radical (unpaired) electrons. The van der Waals surface area contributed by atoms with Gasteiger partial charge in [-0.15, -0.1) is 0 Å². The van der Waals surface area contributed by atoms with Gasteiger partial charge in [0.2, 0.25) is 5.91 Å². The highest BCUT2D eigenvalue weighted by atomic mass is 79.9. The molecule has 20 heavy (non-hydrogen) atoms. The summed E-state index contributed by atoms with van der Waals surface area (Å²) in [6, 6.07) is 7.29. The number of amides is 1. The Balaban J connectivity index is 1.84. The third-order valence-corrected chi connectivity index (χ3v) is 3.97. The average molecular weight is 339 g/mol. The first-order chi connectivity index (χ1) is 9.56. The number of hydrogen-bond acceptors (Lipinski definition) is 3. The first-order valence-electron chi connectivity index (χ1n) is 6.81. The standard InChI is InChI=1S/C15H19BrN2O2/c1-17(11-15(20)18-8-2-3-9-18)10-14(19)12-4-6-13(16)7-5-12/h4-7H,2-3,8-11H2,1H3. The molecule has 1 saturated heterocycles. The summed E-state index contributed by atoms with van der Waals surface area (Å²) in [6.45, 7) is 2.28. The van der Waals surface area contributed by atoms with Crippen LogP contribution >= 0.6 is 15.9 Å². The Morgan fingerprint density at radius 3 is 2.35 bits per heavy atom. The number of Topliss-reactive ketones (excluding diaryl/α,β-unsaturated/α-hetero) is 1. The van der Waals surface area contributed by atoms with E-state index < -0.39 is 0 Å². The van der Waals surface area contributed by atoms with Crippen LogP contribution < -0.4 is 0 Å². The van der Waals surface area contributed by atoms with Gasteiger partial charge in [-0.05, 0) is 32.0 Å². The largest absolute Gasteiger partial charge is 0.342 e. The summed E-state index contributed by atoms with van der Waals surface area (Å²) in [5.41, 5.74) is 0.675. The molecule has 4 nitrogen and oxygen atoms in total. The molecule has 1 amide bonds. The average Bonchev–Trinajstić information content (AvgIpc) is 2.93. The second kappa shape index (κ2) is 6.99. The van der Waals surface area contributed by atoms with Crippen molar-refractivity contribution in [1.29, 1.82) is 0 Å². The zero-order valence-electron chi connectivity index (χ0n) is 11.6. The lowest BCUT2D eigenvalue weighted by Crippen LogP contribution is -2.39. The lowest BCUT2D eigenvalue weighted by Gasteiger charge is -2.20. The fourth-order valence-electron chi connectivity index (χ4n) is 2.33. The number of rotatable bonds is 5. The van der Waals surface area contributed by atoms with Crippen LogP contribution in [0.1, 0.15) is 23.2 Å². The Morgan fingerprint density at radius 2 is 1.75 bits per heavy atom. The van der Waals surface area contributed by atoms with Crippen LogP contribution in [0, 0.1) is 0 Å². The molecule has 0 aliphatic carbocycles.